The molecule has 1 N–H and O–H groups in total. The Balaban J connectivity index is 2.90. The van der Waals surface area contributed by atoms with Crippen molar-refractivity contribution < 1.29 is 4.79 Å². The van der Waals surface area contributed by atoms with E-state index < -0.39 is 0 Å². The monoisotopic (exact) mass is 308 g/mol. The largest absolute Gasteiger partial charge is 0.369 e. The van der Waals surface area contributed by atoms with E-state index in [0.29, 0.717) is 29.4 Å². The molecule has 6 heteroatoms. The average Bonchev–Trinajstić information content (AvgIpc) is 2.45. The lowest BCUT2D eigenvalue weighted by Gasteiger charge is -2.26. The van der Waals surface area contributed by atoms with Crippen LogP contribution in [0, 0.1) is 11.3 Å². The molecule has 21 heavy (non-hydrogen) atoms. The zero-order valence-electron chi connectivity index (χ0n) is 12.7. The van der Waals surface area contributed by atoms with Crippen LogP contribution in [0.2, 0.25) is 5.02 Å². The molecule has 0 unspecified atom stereocenters. The van der Waals surface area contributed by atoms with E-state index >= 15 is 0 Å². The van der Waals surface area contributed by atoms with Gasteiger partial charge in [-0.15, -0.1) is 0 Å². The minimum atomic E-state index is -0.156. The molecule has 0 atom stereocenters. The maximum Gasteiger partial charge on any atom is 0.255 e. The van der Waals surface area contributed by atoms with E-state index in [9.17, 15) is 4.79 Å². The standard InChI is InChI=1S/C15H21ClN4O/c1-4-7-18-14-13(16)9-12(10-19-14)15(21)20(11(2)3)8-5-6-17/h9-11H,4-5,7-8H2,1-3H3,(H,18,19). The lowest BCUT2D eigenvalue weighted by Crippen LogP contribution is -2.37. The summed E-state index contributed by atoms with van der Waals surface area (Å²) in [5, 5.41) is 12.2. The van der Waals surface area contributed by atoms with Crippen LogP contribution in [0.15, 0.2) is 12.3 Å². The van der Waals surface area contributed by atoms with Gasteiger partial charge in [-0.3, -0.25) is 4.79 Å². The van der Waals surface area contributed by atoms with Crippen LogP contribution in [0.4, 0.5) is 5.82 Å². The topological polar surface area (TPSA) is 69.0 Å². The molecule has 0 saturated carbocycles. The number of nitriles is 1. The van der Waals surface area contributed by atoms with Crippen molar-refractivity contribution >= 4 is 23.3 Å². The lowest BCUT2D eigenvalue weighted by molar-refractivity contribution is 0.0710. The average molecular weight is 309 g/mol. The van der Waals surface area contributed by atoms with Gasteiger partial charge in [-0.25, -0.2) is 4.98 Å². The van der Waals surface area contributed by atoms with Gasteiger partial charge in [-0.05, 0) is 26.3 Å². The highest BCUT2D eigenvalue weighted by Gasteiger charge is 2.19. The van der Waals surface area contributed by atoms with Gasteiger partial charge in [0.25, 0.3) is 5.91 Å². The van der Waals surface area contributed by atoms with E-state index in [1.807, 2.05) is 13.8 Å². The first kappa shape index (κ1) is 17.3. The van der Waals surface area contributed by atoms with Gasteiger partial charge in [0.1, 0.15) is 5.82 Å². The summed E-state index contributed by atoms with van der Waals surface area (Å²) in [5.41, 5.74) is 0.439. The minimum Gasteiger partial charge on any atom is -0.369 e. The molecule has 0 aliphatic rings. The molecule has 0 spiro atoms. The Bertz CT molecular complexity index is 525. The number of nitrogens with one attached hydrogen (secondary N) is 1. The van der Waals surface area contributed by atoms with Crippen molar-refractivity contribution in [3.05, 3.63) is 22.8 Å². The van der Waals surface area contributed by atoms with Gasteiger partial charge in [0, 0.05) is 25.3 Å². The Morgan fingerprint density at radius 2 is 2.29 bits per heavy atom. The highest BCUT2D eigenvalue weighted by atomic mass is 35.5. The van der Waals surface area contributed by atoms with E-state index in [4.69, 9.17) is 16.9 Å². The molecule has 0 aromatic carbocycles. The molecule has 0 aliphatic carbocycles. The number of hydrogen-bond acceptors (Lipinski definition) is 4. The predicted molar refractivity (Wildman–Crippen MR) is 84.4 cm³/mol. The second-order valence-electron chi connectivity index (χ2n) is 4.98. The molecule has 0 bridgehead atoms. The number of carbonyl (C=O) groups is 1. The van der Waals surface area contributed by atoms with E-state index in [0.717, 1.165) is 13.0 Å². The zero-order chi connectivity index (χ0) is 15.8. The third-order valence-corrected chi connectivity index (χ3v) is 3.27. The maximum absolute atomic E-state index is 12.5. The Hall–Kier alpha value is -1.80. The van der Waals surface area contributed by atoms with Crippen LogP contribution in [0.25, 0.3) is 0 Å². The van der Waals surface area contributed by atoms with Gasteiger partial charge in [0.2, 0.25) is 0 Å². The number of amides is 1. The van der Waals surface area contributed by atoms with Gasteiger partial charge >= 0.3 is 0 Å². The molecular formula is C15H21ClN4O. The molecule has 0 aliphatic heterocycles. The summed E-state index contributed by atoms with van der Waals surface area (Å²) in [6.07, 6.45) is 2.79. The molecule has 0 fully saturated rings. The van der Waals surface area contributed by atoms with Gasteiger partial charge < -0.3 is 10.2 Å². The fraction of sp³-hybridized carbons (Fsp3) is 0.533. The van der Waals surface area contributed by atoms with Crippen LogP contribution in [0.1, 0.15) is 44.0 Å². The summed E-state index contributed by atoms with van der Waals surface area (Å²) in [5.74, 6) is 0.430. The Labute approximate surface area is 130 Å². The molecule has 0 radical (unpaired) electrons. The number of nitrogens with zero attached hydrogens (tertiary/aromatic N) is 3. The second kappa shape index (κ2) is 8.48. The van der Waals surface area contributed by atoms with Crippen LogP contribution in [-0.2, 0) is 0 Å². The van der Waals surface area contributed by atoms with E-state index in [2.05, 4.69) is 23.3 Å². The van der Waals surface area contributed by atoms with Crippen molar-refractivity contribution in [1.82, 2.24) is 9.88 Å². The quantitative estimate of drug-likeness (QED) is 0.839. The van der Waals surface area contributed by atoms with Crippen LogP contribution in [-0.4, -0.2) is 34.9 Å². The number of pyridine rings is 1. The summed E-state index contributed by atoms with van der Waals surface area (Å²) < 4.78 is 0. The fourth-order valence-electron chi connectivity index (χ4n) is 1.86. The molecule has 5 nitrogen and oxygen atoms in total. The lowest BCUT2D eigenvalue weighted by atomic mass is 10.2. The molecule has 114 valence electrons. The summed E-state index contributed by atoms with van der Waals surface area (Å²) in [6, 6.07) is 3.70. The number of aromatic nitrogens is 1. The molecule has 0 saturated heterocycles. The first-order chi connectivity index (χ1) is 10.0. The van der Waals surface area contributed by atoms with E-state index in [1.165, 1.54) is 6.20 Å². The van der Waals surface area contributed by atoms with Crippen molar-refractivity contribution in [2.45, 2.75) is 39.7 Å². The van der Waals surface area contributed by atoms with Gasteiger partial charge in [-0.2, -0.15) is 5.26 Å². The summed E-state index contributed by atoms with van der Waals surface area (Å²) in [7, 11) is 0. The normalized spacial score (nSPS) is 10.3. The van der Waals surface area contributed by atoms with Crippen molar-refractivity contribution in [2.75, 3.05) is 18.4 Å². The number of hydrogen-bond donors (Lipinski definition) is 1. The maximum atomic E-state index is 12.5. The molecule has 1 heterocycles. The van der Waals surface area contributed by atoms with Crippen LogP contribution < -0.4 is 5.32 Å². The fourth-order valence-corrected chi connectivity index (χ4v) is 2.09. The van der Waals surface area contributed by atoms with Crippen molar-refractivity contribution in [1.29, 1.82) is 5.26 Å². The molecule has 1 aromatic heterocycles. The summed E-state index contributed by atoms with van der Waals surface area (Å²) in [4.78, 5) is 18.3. The number of carbonyl (C=O) groups excluding carboxylic acids is 1. The summed E-state index contributed by atoms with van der Waals surface area (Å²) >= 11 is 6.15. The van der Waals surface area contributed by atoms with Crippen molar-refractivity contribution in [2.24, 2.45) is 0 Å². The number of rotatable bonds is 7. The third-order valence-electron chi connectivity index (χ3n) is 2.98. The molecule has 1 amide bonds. The van der Waals surface area contributed by atoms with Crippen molar-refractivity contribution in [3.63, 3.8) is 0 Å². The highest BCUT2D eigenvalue weighted by Crippen LogP contribution is 2.21. The predicted octanol–water partition coefficient (Wildman–Crippen LogP) is 3.32. The van der Waals surface area contributed by atoms with E-state index in [1.54, 1.807) is 11.0 Å². The first-order valence-electron chi connectivity index (χ1n) is 7.08. The van der Waals surface area contributed by atoms with Gasteiger partial charge in [0.05, 0.1) is 23.1 Å². The van der Waals surface area contributed by atoms with Crippen LogP contribution >= 0.6 is 11.6 Å². The van der Waals surface area contributed by atoms with Crippen LogP contribution in [0.3, 0.4) is 0 Å². The summed E-state index contributed by atoms with van der Waals surface area (Å²) in [6.45, 7) is 7.07. The first-order valence-corrected chi connectivity index (χ1v) is 7.46. The third kappa shape index (κ3) is 4.91. The van der Waals surface area contributed by atoms with Crippen LogP contribution in [0.5, 0.6) is 0 Å². The minimum absolute atomic E-state index is 0.0162. The highest BCUT2D eigenvalue weighted by molar-refractivity contribution is 6.33. The smallest absolute Gasteiger partial charge is 0.255 e. The molecule has 1 rings (SSSR count). The van der Waals surface area contributed by atoms with Gasteiger partial charge in [0.15, 0.2) is 0 Å². The van der Waals surface area contributed by atoms with Gasteiger partial charge in [-0.1, -0.05) is 18.5 Å². The van der Waals surface area contributed by atoms with Crippen molar-refractivity contribution in [3.8, 4) is 6.07 Å². The Kier molecular flexibility index (Phi) is 6.97. The molecule has 1 aromatic rings. The Morgan fingerprint density at radius 3 is 2.81 bits per heavy atom. The van der Waals surface area contributed by atoms with E-state index in [-0.39, 0.29) is 11.9 Å². The zero-order valence-corrected chi connectivity index (χ0v) is 13.4. The molecular weight excluding hydrogens is 288 g/mol. The SMILES string of the molecule is CCCNc1ncc(C(=O)N(CCC#N)C(C)C)cc1Cl. The second-order valence-corrected chi connectivity index (χ2v) is 5.39. The Morgan fingerprint density at radius 1 is 1.57 bits per heavy atom. The number of halogens is 1. The number of anilines is 1.